The Morgan fingerprint density at radius 2 is 2.00 bits per heavy atom. The zero-order chi connectivity index (χ0) is 17.4. The van der Waals surface area contributed by atoms with E-state index in [9.17, 15) is 22.8 Å². The number of carbonyl (C=O) groups is 2. The summed E-state index contributed by atoms with van der Waals surface area (Å²) in [7, 11) is 2.62. The third kappa shape index (κ3) is 3.15. The van der Waals surface area contributed by atoms with Gasteiger partial charge in [-0.1, -0.05) is 12.1 Å². The number of nitrogens with one attached hydrogen (secondary N) is 1. The molecule has 2 amide bonds. The van der Waals surface area contributed by atoms with Crippen molar-refractivity contribution in [3.63, 3.8) is 0 Å². The lowest BCUT2D eigenvalue weighted by molar-refractivity contribution is -0.137. The molecule has 1 aliphatic rings. The minimum absolute atomic E-state index is 0.0916. The maximum Gasteiger partial charge on any atom is 0.416 e. The van der Waals surface area contributed by atoms with Crippen LogP contribution in [-0.2, 0) is 15.7 Å². The van der Waals surface area contributed by atoms with E-state index < -0.39 is 29.8 Å². The monoisotopic (exact) mass is 328 g/mol. The Morgan fingerprint density at radius 3 is 2.57 bits per heavy atom. The number of amides is 2. The fraction of sp³-hybridized carbons (Fsp3) is 0.333. The molecule has 1 heterocycles. The molecule has 124 valence electrons. The van der Waals surface area contributed by atoms with Gasteiger partial charge in [0.25, 0.3) is 0 Å². The zero-order valence-electron chi connectivity index (χ0n) is 12.7. The van der Waals surface area contributed by atoms with Gasteiger partial charge in [-0.2, -0.15) is 13.2 Å². The Balaban J connectivity index is 2.56. The largest absolute Gasteiger partial charge is 0.466 e. The first-order chi connectivity index (χ1) is 10.7. The summed E-state index contributed by atoms with van der Waals surface area (Å²) in [5, 5.41) is 2.52. The van der Waals surface area contributed by atoms with E-state index in [0.29, 0.717) is 5.70 Å². The summed E-state index contributed by atoms with van der Waals surface area (Å²) >= 11 is 0. The summed E-state index contributed by atoms with van der Waals surface area (Å²) in [6.45, 7) is 1.53. The predicted octanol–water partition coefficient (Wildman–Crippen LogP) is 2.85. The van der Waals surface area contributed by atoms with Gasteiger partial charge in [0.1, 0.15) is 0 Å². The summed E-state index contributed by atoms with van der Waals surface area (Å²) in [5.74, 6) is -0.711. The first-order valence-electron chi connectivity index (χ1n) is 6.67. The van der Waals surface area contributed by atoms with Crippen molar-refractivity contribution in [2.45, 2.75) is 19.1 Å². The highest BCUT2D eigenvalue weighted by Crippen LogP contribution is 2.34. The number of urea groups is 1. The normalized spacial score (nSPS) is 18.8. The molecule has 0 aliphatic carbocycles. The number of halogens is 3. The summed E-state index contributed by atoms with van der Waals surface area (Å²) in [6, 6.07) is 2.96. The highest BCUT2D eigenvalue weighted by atomic mass is 19.4. The SMILES string of the molecule is COC(=O)C1=C(C)N(C)C(=O)NC1c1cccc(C(F)(F)F)c1. The summed E-state index contributed by atoms with van der Waals surface area (Å²) in [4.78, 5) is 25.2. The van der Waals surface area contributed by atoms with Crippen molar-refractivity contribution < 1.29 is 27.5 Å². The third-order valence-corrected chi connectivity index (χ3v) is 3.71. The molecule has 1 unspecified atom stereocenters. The molecule has 0 saturated carbocycles. The van der Waals surface area contributed by atoms with Crippen LogP contribution in [0.5, 0.6) is 0 Å². The molecule has 0 spiro atoms. The van der Waals surface area contributed by atoms with E-state index in [4.69, 9.17) is 4.74 Å². The second-order valence-electron chi connectivity index (χ2n) is 5.06. The summed E-state index contributed by atoms with van der Waals surface area (Å²) in [5.41, 5.74) is -0.289. The molecule has 1 atom stereocenters. The maximum atomic E-state index is 12.9. The lowest BCUT2D eigenvalue weighted by atomic mass is 9.94. The van der Waals surface area contributed by atoms with Gasteiger partial charge in [0, 0.05) is 12.7 Å². The van der Waals surface area contributed by atoms with Crippen molar-refractivity contribution in [2.75, 3.05) is 14.2 Å². The molecule has 5 nitrogen and oxygen atoms in total. The van der Waals surface area contributed by atoms with Crippen LogP contribution >= 0.6 is 0 Å². The number of nitrogens with zero attached hydrogens (tertiary/aromatic N) is 1. The van der Waals surface area contributed by atoms with Crippen LogP contribution in [0.4, 0.5) is 18.0 Å². The van der Waals surface area contributed by atoms with Crippen LogP contribution in [0.25, 0.3) is 0 Å². The van der Waals surface area contributed by atoms with E-state index in [1.54, 1.807) is 0 Å². The van der Waals surface area contributed by atoms with Gasteiger partial charge in [-0.15, -0.1) is 0 Å². The van der Waals surface area contributed by atoms with Gasteiger partial charge in [-0.3, -0.25) is 0 Å². The van der Waals surface area contributed by atoms with Crippen LogP contribution in [-0.4, -0.2) is 31.1 Å². The van der Waals surface area contributed by atoms with Crippen molar-refractivity contribution in [1.82, 2.24) is 10.2 Å². The third-order valence-electron chi connectivity index (χ3n) is 3.71. The van der Waals surface area contributed by atoms with Crippen molar-refractivity contribution in [2.24, 2.45) is 0 Å². The molecule has 8 heteroatoms. The molecule has 0 radical (unpaired) electrons. The van der Waals surface area contributed by atoms with Gasteiger partial charge in [0.05, 0.1) is 24.3 Å². The number of hydrogen-bond donors (Lipinski definition) is 1. The molecule has 1 aliphatic heterocycles. The molecular formula is C15H15F3N2O3. The van der Waals surface area contributed by atoms with Gasteiger partial charge < -0.3 is 15.0 Å². The van der Waals surface area contributed by atoms with Gasteiger partial charge in [-0.25, -0.2) is 9.59 Å². The fourth-order valence-corrected chi connectivity index (χ4v) is 2.35. The van der Waals surface area contributed by atoms with E-state index in [0.717, 1.165) is 12.1 Å². The zero-order valence-corrected chi connectivity index (χ0v) is 12.7. The first kappa shape index (κ1) is 16.9. The maximum absolute atomic E-state index is 12.9. The Labute approximate surface area is 130 Å². The molecule has 0 fully saturated rings. The standard InChI is InChI=1S/C15H15F3N2O3/c1-8-11(13(21)23-3)12(19-14(22)20(8)2)9-5-4-6-10(7-9)15(16,17)18/h4-7,12H,1-3H3,(H,19,22). The van der Waals surface area contributed by atoms with Gasteiger partial charge in [0.2, 0.25) is 0 Å². The van der Waals surface area contributed by atoms with E-state index in [-0.39, 0.29) is 11.1 Å². The molecule has 1 aromatic rings. The van der Waals surface area contributed by atoms with Gasteiger partial charge in [0.15, 0.2) is 0 Å². The van der Waals surface area contributed by atoms with E-state index in [2.05, 4.69) is 5.32 Å². The number of ether oxygens (including phenoxy) is 1. The van der Waals surface area contributed by atoms with E-state index in [1.165, 1.54) is 38.1 Å². The highest BCUT2D eigenvalue weighted by Gasteiger charge is 2.36. The van der Waals surface area contributed by atoms with Crippen LogP contribution in [0, 0.1) is 0 Å². The molecule has 1 N–H and O–H groups in total. The molecule has 23 heavy (non-hydrogen) atoms. The summed E-state index contributed by atoms with van der Waals surface area (Å²) in [6.07, 6.45) is -4.52. The molecule has 0 bridgehead atoms. The second-order valence-corrected chi connectivity index (χ2v) is 5.06. The number of carbonyl (C=O) groups excluding carboxylic acids is 2. The van der Waals surface area contributed by atoms with Crippen LogP contribution in [0.15, 0.2) is 35.5 Å². The molecule has 0 saturated heterocycles. The Bertz CT molecular complexity index is 683. The van der Waals surface area contributed by atoms with Crippen molar-refractivity contribution >= 4 is 12.0 Å². The Kier molecular flexibility index (Phi) is 4.35. The number of hydrogen-bond acceptors (Lipinski definition) is 3. The number of methoxy groups -OCH3 is 1. The lowest BCUT2D eigenvalue weighted by Crippen LogP contribution is -2.46. The molecule has 2 rings (SSSR count). The number of benzene rings is 1. The molecular weight excluding hydrogens is 313 g/mol. The average Bonchev–Trinajstić information content (AvgIpc) is 2.51. The van der Waals surface area contributed by atoms with Crippen LogP contribution in [0.3, 0.4) is 0 Å². The molecule has 1 aromatic carbocycles. The number of rotatable bonds is 2. The highest BCUT2D eigenvalue weighted by molar-refractivity contribution is 5.94. The molecule has 0 aromatic heterocycles. The van der Waals surface area contributed by atoms with Gasteiger partial charge >= 0.3 is 18.2 Å². The Morgan fingerprint density at radius 1 is 1.35 bits per heavy atom. The van der Waals surface area contributed by atoms with Gasteiger partial charge in [-0.05, 0) is 24.6 Å². The van der Waals surface area contributed by atoms with Crippen molar-refractivity contribution in [3.8, 4) is 0 Å². The topological polar surface area (TPSA) is 58.6 Å². The smallest absolute Gasteiger partial charge is 0.416 e. The summed E-state index contributed by atoms with van der Waals surface area (Å²) < 4.78 is 43.3. The minimum Gasteiger partial charge on any atom is -0.466 e. The van der Waals surface area contributed by atoms with E-state index >= 15 is 0 Å². The van der Waals surface area contributed by atoms with Crippen LogP contribution in [0.1, 0.15) is 24.1 Å². The number of alkyl halides is 3. The number of esters is 1. The lowest BCUT2D eigenvalue weighted by Gasteiger charge is -2.33. The Hall–Kier alpha value is -2.51. The van der Waals surface area contributed by atoms with E-state index in [1.807, 2.05) is 0 Å². The average molecular weight is 328 g/mol. The van der Waals surface area contributed by atoms with Crippen LogP contribution < -0.4 is 5.32 Å². The first-order valence-corrected chi connectivity index (χ1v) is 6.67. The fourth-order valence-electron chi connectivity index (χ4n) is 2.35. The van der Waals surface area contributed by atoms with Crippen molar-refractivity contribution in [1.29, 1.82) is 0 Å². The van der Waals surface area contributed by atoms with Crippen molar-refractivity contribution in [3.05, 3.63) is 46.7 Å². The number of allylic oxidation sites excluding steroid dienone is 1. The van der Waals surface area contributed by atoms with Crippen LogP contribution in [0.2, 0.25) is 0 Å². The second kappa shape index (κ2) is 5.94. The predicted molar refractivity (Wildman–Crippen MR) is 75.2 cm³/mol. The minimum atomic E-state index is -4.52. The quantitative estimate of drug-likeness (QED) is 0.849.